The first-order chi connectivity index (χ1) is 13.5. The number of amides is 1. The van der Waals surface area contributed by atoms with Gasteiger partial charge >= 0.3 is 5.97 Å². The van der Waals surface area contributed by atoms with Crippen molar-refractivity contribution in [2.24, 2.45) is 10.9 Å². The van der Waals surface area contributed by atoms with Crippen LogP contribution in [0.15, 0.2) is 33.8 Å². The van der Waals surface area contributed by atoms with Crippen LogP contribution in [0.5, 0.6) is 0 Å². The number of aliphatic imine (C=N–C) groups is 1. The lowest BCUT2D eigenvalue weighted by Gasteiger charge is -2.29. The Morgan fingerprint density at radius 3 is 2.61 bits per heavy atom. The van der Waals surface area contributed by atoms with Gasteiger partial charge < -0.3 is 9.64 Å². The van der Waals surface area contributed by atoms with Gasteiger partial charge in [0, 0.05) is 29.6 Å². The van der Waals surface area contributed by atoms with Gasteiger partial charge in [0.05, 0.1) is 29.0 Å². The second-order valence-corrected chi connectivity index (χ2v) is 8.10. The molecule has 0 spiro atoms. The van der Waals surface area contributed by atoms with Crippen molar-refractivity contribution in [3.63, 3.8) is 0 Å². The number of nitrogens with zero attached hydrogens (tertiary/aromatic N) is 3. The number of nitriles is 1. The molecular weight excluding hydrogens is 394 g/mol. The Morgan fingerprint density at radius 2 is 2.07 bits per heavy atom. The molecular formula is C20H25N3O3S2. The number of rotatable bonds is 7. The van der Waals surface area contributed by atoms with Crippen molar-refractivity contribution in [2.75, 3.05) is 25.4 Å². The van der Waals surface area contributed by atoms with Gasteiger partial charge in [-0.25, -0.2) is 9.79 Å². The van der Waals surface area contributed by atoms with E-state index in [1.54, 1.807) is 18.7 Å². The van der Waals surface area contributed by atoms with Crippen LogP contribution in [0.4, 0.5) is 0 Å². The van der Waals surface area contributed by atoms with Gasteiger partial charge in [-0.15, -0.1) is 11.3 Å². The summed E-state index contributed by atoms with van der Waals surface area (Å²) in [7, 11) is 0. The summed E-state index contributed by atoms with van der Waals surface area (Å²) in [5.41, 5.74) is 0.969. The van der Waals surface area contributed by atoms with Crippen LogP contribution in [0.1, 0.15) is 38.5 Å². The van der Waals surface area contributed by atoms with E-state index < -0.39 is 17.8 Å². The minimum absolute atomic E-state index is 0.0138. The fourth-order valence-corrected chi connectivity index (χ4v) is 5.04. The van der Waals surface area contributed by atoms with Gasteiger partial charge in [-0.2, -0.15) is 5.26 Å². The maximum Gasteiger partial charge on any atom is 0.336 e. The zero-order valence-corrected chi connectivity index (χ0v) is 18.2. The number of hydrogen-bond donors (Lipinski definition) is 0. The number of carbonyl (C=O) groups is 2. The summed E-state index contributed by atoms with van der Waals surface area (Å²) in [6.07, 6.45) is 0. The van der Waals surface area contributed by atoms with Gasteiger partial charge in [-0.05, 0) is 39.1 Å². The molecule has 0 saturated heterocycles. The van der Waals surface area contributed by atoms with E-state index in [-0.39, 0.29) is 18.3 Å². The molecule has 6 nitrogen and oxygen atoms in total. The van der Waals surface area contributed by atoms with E-state index in [2.05, 4.69) is 11.1 Å². The van der Waals surface area contributed by atoms with Crippen LogP contribution in [-0.4, -0.2) is 47.3 Å². The molecule has 1 aromatic rings. The Balaban J connectivity index is 2.38. The van der Waals surface area contributed by atoms with Crippen LogP contribution in [0.3, 0.4) is 0 Å². The molecule has 1 aliphatic heterocycles. The Kier molecular flexibility index (Phi) is 8.27. The lowest BCUT2D eigenvalue weighted by Crippen LogP contribution is -2.33. The largest absolute Gasteiger partial charge is 0.463 e. The fraction of sp³-hybridized carbons (Fsp3) is 0.500. The second kappa shape index (κ2) is 10.4. The van der Waals surface area contributed by atoms with Gasteiger partial charge in [0.15, 0.2) is 0 Å². The number of thiophene rings is 1. The average molecular weight is 420 g/mol. The lowest BCUT2D eigenvalue weighted by molar-refractivity contribution is -0.139. The molecule has 8 heteroatoms. The van der Waals surface area contributed by atoms with Crippen LogP contribution in [0.2, 0.25) is 0 Å². The molecule has 0 bridgehead atoms. The maximum atomic E-state index is 12.6. The highest BCUT2D eigenvalue weighted by atomic mass is 32.2. The van der Waals surface area contributed by atoms with E-state index in [0.717, 1.165) is 4.88 Å². The number of hydrogen-bond acceptors (Lipinski definition) is 7. The van der Waals surface area contributed by atoms with Crippen LogP contribution in [0, 0.1) is 17.2 Å². The van der Waals surface area contributed by atoms with Crippen LogP contribution in [-0.2, 0) is 14.3 Å². The molecule has 28 heavy (non-hydrogen) atoms. The first-order valence-corrected chi connectivity index (χ1v) is 11.1. The van der Waals surface area contributed by atoms with E-state index in [0.29, 0.717) is 29.4 Å². The quantitative estimate of drug-likeness (QED) is 0.628. The molecule has 1 amide bonds. The predicted molar refractivity (Wildman–Crippen MR) is 113 cm³/mol. The van der Waals surface area contributed by atoms with Crippen LogP contribution in [0.25, 0.3) is 0 Å². The summed E-state index contributed by atoms with van der Waals surface area (Å²) in [6, 6.07) is 6.12. The van der Waals surface area contributed by atoms with Gasteiger partial charge in [0.2, 0.25) is 5.91 Å². The molecule has 0 fully saturated rings. The summed E-state index contributed by atoms with van der Waals surface area (Å²) in [4.78, 5) is 32.2. The number of ether oxygens (including phenoxy) is 1. The number of allylic oxidation sites excluding steroid dienone is 1. The standard InChI is InChI=1S/C20H25N3O3S2/c1-5-23(6-2)16(24)12-28-19-14(11-21)18(15-9-8-10-27-15)17(13(4)22-19)20(25)26-7-3/h8-10,14,18H,5-7,12H2,1-4H3/t14?,18-/m0/s1. The van der Waals surface area contributed by atoms with Gasteiger partial charge in [0.1, 0.15) is 5.92 Å². The first-order valence-electron chi connectivity index (χ1n) is 9.28. The summed E-state index contributed by atoms with van der Waals surface area (Å²) in [5.74, 6) is -1.27. The third-order valence-electron chi connectivity index (χ3n) is 4.52. The molecule has 1 aliphatic rings. The van der Waals surface area contributed by atoms with E-state index in [4.69, 9.17) is 4.74 Å². The predicted octanol–water partition coefficient (Wildman–Crippen LogP) is 3.82. The molecule has 2 rings (SSSR count). The molecule has 0 N–H and O–H groups in total. The molecule has 1 aromatic heterocycles. The molecule has 2 atom stereocenters. The van der Waals surface area contributed by atoms with E-state index in [9.17, 15) is 14.9 Å². The first kappa shape index (κ1) is 22.2. The summed E-state index contributed by atoms with van der Waals surface area (Å²) in [5, 5.41) is 12.4. The van der Waals surface area contributed by atoms with Gasteiger partial charge in [-0.3, -0.25) is 4.79 Å². The van der Waals surface area contributed by atoms with E-state index >= 15 is 0 Å². The number of thioether (sulfide) groups is 1. The van der Waals surface area contributed by atoms with Crippen molar-refractivity contribution in [2.45, 2.75) is 33.6 Å². The molecule has 0 aromatic carbocycles. The zero-order valence-electron chi connectivity index (χ0n) is 16.6. The highest BCUT2D eigenvalue weighted by molar-refractivity contribution is 8.14. The Morgan fingerprint density at radius 1 is 1.36 bits per heavy atom. The Bertz CT molecular complexity index is 805. The summed E-state index contributed by atoms with van der Waals surface area (Å²) in [6.45, 7) is 8.94. The van der Waals surface area contributed by atoms with Crippen molar-refractivity contribution < 1.29 is 14.3 Å². The van der Waals surface area contributed by atoms with Crippen LogP contribution < -0.4 is 0 Å². The summed E-state index contributed by atoms with van der Waals surface area (Å²) >= 11 is 2.78. The molecule has 0 aliphatic carbocycles. The zero-order chi connectivity index (χ0) is 20.7. The topological polar surface area (TPSA) is 82.8 Å². The third-order valence-corrected chi connectivity index (χ3v) is 6.51. The SMILES string of the molecule is CCOC(=O)C1=C(C)N=C(SCC(=O)N(CC)CC)C(C#N)[C@H]1c1cccs1. The smallest absolute Gasteiger partial charge is 0.336 e. The van der Waals surface area contributed by atoms with Gasteiger partial charge in [-0.1, -0.05) is 17.8 Å². The summed E-state index contributed by atoms with van der Waals surface area (Å²) < 4.78 is 5.23. The molecule has 2 heterocycles. The average Bonchev–Trinajstić information content (AvgIpc) is 3.21. The monoisotopic (exact) mass is 419 g/mol. The fourth-order valence-electron chi connectivity index (χ4n) is 3.14. The van der Waals surface area contributed by atoms with E-state index in [1.807, 2.05) is 31.4 Å². The number of esters is 1. The second-order valence-electron chi connectivity index (χ2n) is 6.12. The molecule has 0 saturated carbocycles. The maximum absolute atomic E-state index is 12.6. The van der Waals surface area contributed by atoms with E-state index in [1.165, 1.54) is 23.1 Å². The van der Waals surface area contributed by atoms with Crippen molar-refractivity contribution >= 4 is 40.0 Å². The highest BCUT2D eigenvalue weighted by Crippen LogP contribution is 2.43. The van der Waals surface area contributed by atoms with Crippen molar-refractivity contribution in [3.05, 3.63) is 33.7 Å². The Labute approximate surface area is 174 Å². The van der Waals surface area contributed by atoms with Crippen molar-refractivity contribution in [1.29, 1.82) is 5.26 Å². The number of carbonyl (C=O) groups excluding carboxylic acids is 2. The third kappa shape index (κ3) is 4.83. The van der Waals surface area contributed by atoms with Gasteiger partial charge in [0.25, 0.3) is 0 Å². The molecule has 150 valence electrons. The van der Waals surface area contributed by atoms with Crippen LogP contribution >= 0.6 is 23.1 Å². The minimum atomic E-state index is -0.628. The van der Waals surface area contributed by atoms with Crippen molar-refractivity contribution in [3.8, 4) is 6.07 Å². The lowest BCUT2D eigenvalue weighted by atomic mass is 9.83. The van der Waals surface area contributed by atoms with Crippen molar-refractivity contribution in [1.82, 2.24) is 4.90 Å². The molecule has 0 radical (unpaired) electrons. The Hall–Kier alpha value is -2.11. The minimum Gasteiger partial charge on any atom is -0.463 e. The highest BCUT2D eigenvalue weighted by Gasteiger charge is 2.40. The normalized spacial score (nSPS) is 19.0. The molecule has 1 unspecified atom stereocenters.